The summed E-state index contributed by atoms with van der Waals surface area (Å²) in [5.74, 6) is 1.11. The molecular formula is C16H30N4. The van der Waals surface area contributed by atoms with Crippen molar-refractivity contribution in [2.75, 3.05) is 19.6 Å². The molecular weight excluding hydrogens is 248 g/mol. The van der Waals surface area contributed by atoms with E-state index in [1.54, 1.807) is 0 Å². The minimum absolute atomic E-state index is 0.206. The lowest BCUT2D eigenvalue weighted by Gasteiger charge is -2.52. The molecule has 1 aromatic rings. The zero-order valence-corrected chi connectivity index (χ0v) is 13.7. The number of imidazole rings is 1. The number of nitrogens with one attached hydrogen (secondary N) is 1. The molecule has 4 nitrogen and oxygen atoms in total. The van der Waals surface area contributed by atoms with Crippen LogP contribution < -0.4 is 5.32 Å². The molecule has 2 heterocycles. The van der Waals surface area contributed by atoms with Crippen LogP contribution >= 0.6 is 0 Å². The van der Waals surface area contributed by atoms with E-state index >= 15 is 0 Å². The molecule has 0 atom stereocenters. The van der Waals surface area contributed by atoms with E-state index in [0.29, 0.717) is 5.54 Å². The molecule has 0 unspecified atom stereocenters. The van der Waals surface area contributed by atoms with E-state index in [1.165, 1.54) is 12.8 Å². The Morgan fingerprint density at radius 3 is 2.50 bits per heavy atom. The topological polar surface area (TPSA) is 33.1 Å². The maximum atomic E-state index is 4.32. The van der Waals surface area contributed by atoms with Gasteiger partial charge in [0.05, 0.1) is 0 Å². The molecule has 0 aliphatic carbocycles. The van der Waals surface area contributed by atoms with Crippen molar-refractivity contribution in [2.24, 2.45) is 0 Å². The summed E-state index contributed by atoms with van der Waals surface area (Å²) in [5, 5.41) is 3.72. The molecule has 0 spiro atoms. The normalized spacial score (nSPS) is 22.1. The van der Waals surface area contributed by atoms with Gasteiger partial charge in [0, 0.05) is 49.7 Å². The predicted molar refractivity (Wildman–Crippen MR) is 83.9 cm³/mol. The Bertz CT molecular complexity index is 431. The fourth-order valence-corrected chi connectivity index (χ4v) is 3.35. The zero-order chi connectivity index (χ0) is 14.8. The van der Waals surface area contributed by atoms with E-state index in [4.69, 9.17) is 0 Å². The molecule has 4 heteroatoms. The van der Waals surface area contributed by atoms with Gasteiger partial charge in [0.2, 0.25) is 0 Å². The first-order valence-corrected chi connectivity index (χ1v) is 7.90. The summed E-state index contributed by atoms with van der Waals surface area (Å²) in [7, 11) is 0. The average molecular weight is 278 g/mol. The molecule has 1 fully saturated rings. The van der Waals surface area contributed by atoms with Gasteiger partial charge in [-0.2, -0.15) is 0 Å². The Hall–Kier alpha value is -0.870. The van der Waals surface area contributed by atoms with E-state index < -0.39 is 0 Å². The maximum absolute atomic E-state index is 4.32. The second-order valence-corrected chi connectivity index (χ2v) is 6.76. The molecule has 0 bridgehead atoms. The Labute approximate surface area is 123 Å². The summed E-state index contributed by atoms with van der Waals surface area (Å²) in [6.07, 6.45) is 6.39. The third kappa shape index (κ3) is 3.07. The van der Waals surface area contributed by atoms with Crippen molar-refractivity contribution in [1.29, 1.82) is 0 Å². The molecule has 0 aromatic carbocycles. The van der Waals surface area contributed by atoms with Crippen LogP contribution in [0, 0.1) is 6.92 Å². The number of hydrogen-bond acceptors (Lipinski definition) is 3. The number of hydrogen-bond donors (Lipinski definition) is 1. The molecule has 0 radical (unpaired) electrons. The predicted octanol–water partition coefficient (Wildman–Crippen LogP) is 2.43. The summed E-state index contributed by atoms with van der Waals surface area (Å²) >= 11 is 0. The van der Waals surface area contributed by atoms with E-state index in [9.17, 15) is 0 Å². The first-order valence-electron chi connectivity index (χ1n) is 7.90. The molecule has 20 heavy (non-hydrogen) atoms. The van der Waals surface area contributed by atoms with Crippen molar-refractivity contribution in [3.63, 3.8) is 0 Å². The van der Waals surface area contributed by atoms with Crippen molar-refractivity contribution in [3.05, 3.63) is 18.2 Å². The first kappa shape index (κ1) is 15.5. The molecule has 1 aliphatic heterocycles. The van der Waals surface area contributed by atoms with E-state index in [-0.39, 0.29) is 5.54 Å². The lowest BCUT2D eigenvalue weighted by molar-refractivity contribution is 0.00649. The minimum atomic E-state index is 0.206. The Balaban J connectivity index is 2.09. The van der Waals surface area contributed by atoms with Crippen LogP contribution in [0.2, 0.25) is 0 Å². The van der Waals surface area contributed by atoms with Gasteiger partial charge >= 0.3 is 0 Å². The quantitative estimate of drug-likeness (QED) is 0.898. The van der Waals surface area contributed by atoms with Crippen LogP contribution in [-0.2, 0) is 6.54 Å². The fraction of sp³-hybridized carbons (Fsp3) is 0.812. The minimum Gasteiger partial charge on any atom is -0.334 e. The zero-order valence-electron chi connectivity index (χ0n) is 13.7. The number of rotatable bonds is 5. The van der Waals surface area contributed by atoms with Crippen LogP contribution in [0.15, 0.2) is 12.4 Å². The van der Waals surface area contributed by atoms with Crippen LogP contribution in [0.5, 0.6) is 0 Å². The fourth-order valence-electron chi connectivity index (χ4n) is 3.35. The van der Waals surface area contributed by atoms with Gasteiger partial charge in [0.15, 0.2) is 0 Å². The van der Waals surface area contributed by atoms with Gasteiger partial charge in [-0.3, -0.25) is 4.90 Å². The van der Waals surface area contributed by atoms with Crippen LogP contribution in [0.4, 0.5) is 0 Å². The lowest BCUT2D eigenvalue weighted by Crippen LogP contribution is -2.68. The van der Waals surface area contributed by atoms with Gasteiger partial charge < -0.3 is 9.88 Å². The Kier molecular flexibility index (Phi) is 4.55. The monoisotopic (exact) mass is 278 g/mol. The summed E-state index contributed by atoms with van der Waals surface area (Å²) < 4.78 is 2.26. The SMILES string of the molecule is CCC1(CC)CNC(C)(C)CN1CCn1ccnc1C. The smallest absolute Gasteiger partial charge is 0.105 e. The van der Waals surface area contributed by atoms with Crippen LogP contribution in [0.1, 0.15) is 46.4 Å². The molecule has 0 saturated carbocycles. The Morgan fingerprint density at radius 2 is 1.95 bits per heavy atom. The van der Waals surface area contributed by atoms with Crippen molar-refractivity contribution in [2.45, 2.75) is 65.1 Å². The van der Waals surface area contributed by atoms with Gasteiger partial charge in [-0.15, -0.1) is 0 Å². The largest absolute Gasteiger partial charge is 0.334 e. The highest BCUT2D eigenvalue weighted by Crippen LogP contribution is 2.29. The summed E-state index contributed by atoms with van der Waals surface area (Å²) in [6, 6.07) is 0. The van der Waals surface area contributed by atoms with Crippen molar-refractivity contribution in [1.82, 2.24) is 19.8 Å². The van der Waals surface area contributed by atoms with E-state index in [2.05, 4.69) is 60.6 Å². The second kappa shape index (κ2) is 5.86. The van der Waals surface area contributed by atoms with Crippen molar-refractivity contribution in [3.8, 4) is 0 Å². The van der Waals surface area contributed by atoms with E-state index in [1.807, 2.05) is 6.20 Å². The molecule has 114 valence electrons. The first-order chi connectivity index (χ1) is 9.42. The standard InChI is InChI=1S/C16H30N4/c1-6-16(7-2)12-18-15(4,5)13-20(16)11-10-19-9-8-17-14(19)3/h8-9,18H,6-7,10-13H2,1-5H3. The van der Waals surface area contributed by atoms with Gasteiger partial charge in [-0.1, -0.05) is 13.8 Å². The van der Waals surface area contributed by atoms with E-state index in [0.717, 1.165) is 32.0 Å². The second-order valence-electron chi connectivity index (χ2n) is 6.76. The van der Waals surface area contributed by atoms with Crippen LogP contribution in [0.25, 0.3) is 0 Å². The lowest BCUT2D eigenvalue weighted by atomic mass is 9.84. The number of aryl methyl sites for hydroxylation is 1. The molecule has 0 amide bonds. The summed E-state index contributed by atoms with van der Waals surface area (Å²) in [6.45, 7) is 15.7. The van der Waals surface area contributed by atoms with Gasteiger partial charge in [0.25, 0.3) is 0 Å². The molecule has 1 aliphatic rings. The summed E-state index contributed by atoms with van der Waals surface area (Å²) in [5.41, 5.74) is 0.516. The number of nitrogens with zero attached hydrogens (tertiary/aromatic N) is 3. The molecule has 2 rings (SSSR count). The maximum Gasteiger partial charge on any atom is 0.105 e. The molecule has 1 N–H and O–H groups in total. The van der Waals surface area contributed by atoms with Crippen LogP contribution in [-0.4, -0.2) is 45.2 Å². The highest BCUT2D eigenvalue weighted by atomic mass is 15.3. The van der Waals surface area contributed by atoms with Gasteiger partial charge in [0.1, 0.15) is 5.82 Å². The molecule has 1 aromatic heterocycles. The number of piperazine rings is 1. The highest BCUT2D eigenvalue weighted by Gasteiger charge is 2.41. The van der Waals surface area contributed by atoms with Crippen molar-refractivity contribution >= 4 is 0 Å². The number of aromatic nitrogens is 2. The van der Waals surface area contributed by atoms with Gasteiger partial charge in [-0.05, 0) is 33.6 Å². The third-order valence-electron chi connectivity index (χ3n) is 5.00. The third-order valence-corrected chi connectivity index (χ3v) is 5.00. The highest BCUT2D eigenvalue weighted by molar-refractivity contribution is 5.01. The average Bonchev–Trinajstić information content (AvgIpc) is 2.82. The van der Waals surface area contributed by atoms with Crippen molar-refractivity contribution < 1.29 is 0 Å². The van der Waals surface area contributed by atoms with Gasteiger partial charge in [-0.25, -0.2) is 4.98 Å². The molecule has 1 saturated heterocycles. The Morgan fingerprint density at radius 1 is 1.25 bits per heavy atom. The summed E-state index contributed by atoms with van der Waals surface area (Å²) in [4.78, 5) is 7.02. The van der Waals surface area contributed by atoms with Crippen LogP contribution in [0.3, 0.4) is 0 Å².